The number of ketones is 1. The zero-order valence-electron chi connectivity index (χ0n) is 16.8. The third-order valence-electron chi connectivity index (χ3n) is 4.91. The van der Waals surface area contributed by atoms with Gasteiger partial charge >= 0.3 is 7.12 Å². The smallest absolute Gasteiger partial charge is 0.423 e. The minimum atomic E-state index is -3.90. The summed E-state index contributed by atoms with van der Waals surface area (Å²) in [5.41, 5.74) is 1.10. The minimum absolute atomic E-state index is 0.0131. The molecule has 4 aromatic rings. The fourth-order valence-electron chi connectivity index (χ4n) is 3.30. The van der Waals surface area contributed by atoms with Crippen LogP contribution in [0.25, 0.3) is 10.1 Å². The predicted octanol–water partition coefficient (Wildman–Crippen LogP) is 2.81. The van der Waals surface area contributed by atoms with Crippen molar-refractivity contribution >= 4 is 49.6 Å². The zero-order chi connectivity index (χ0) is 22.7. The number of carbonyl (C=O) groups excluding carboxylic acids is 1. The van der Waals surface area contributed by atoms with Gasteiger partial charge in [0.2, 0.25) is 9.84 Å². The van der Waals surface area contributed by atoms with Gasteiger partial charge in [0.15, 0.2) is 5.78 Å². The number of hydrogen-bond acceptors (Lipinski definition) is 7. The van der Waals surface area contributed by atoms with Gasteiger partial charge in [-0.1, -0.05) is 60.7 Å². The summed E-state index contributed by atoms with van der Waals surface area (Å²) in [5, 5.41) is 18.8. The van der Waals surface area contributed by atoms with Gasteiger partial charge < -0.3 is 14.8 Å². The van der Waals surface area contributed by atoms with Crippen molar-refractivity contribution in [2.24, 2.45) is 0 Å². The highest BCUT2D eigenvalue weighted by Gasteiger charge is 2.29. The van der Waals surface area contributed by atoms with E-state index in [4.69, 9.17) is 14.8 Å². The Morgan fingerprint density at radius 1 is 0.906 bits per heavy atom. The fraction of sp³-hybridized carbons (Fsp3) is 0.0870. The SMILES string of the molecule is O=C(COCc1ccc(B(O)O)cc1)c1sc2ccccc2c1S(=O)(=O)c1ccccc1. The van der Waals surface area contributed by atoms with E-state index in [9.17, 15) is 13.2 Å². The first-order valence-electron chi connectivity index (χ1n) is 9.75. The molecule has 0 aliphatic heterocycles. The van der Waals surface area contributed by atoms with Crippen LogP contribution in [0.15, 0.2) is 88.7 Å². The number of rotatable bonds is 8. The van der Waals surface area contributed by atoms with Crippen LogP contribution >= 0.6 is 11.3 Å². The van der Waals surface area contributed by atoms with Gasteiger partial charge in [-0.25, -0.2) is 8.42 Å². The molecule has 0 bridgehead atoms. The van der Waals surface area contributed by atoms with E-state index in [1.807, 2.05) is 0 Å². The Morgan fingerprint density at radius 3 is 2.25 bits per heavy atom. The molecule has 2 N–H and O–H groups in total. The van der Waals surface area contributed by atoms with E-state index in [0.29, 0.717) is 15.5 Å². The summed E-state index contributed by atoms with van der Waals surface area (Å²) in [4.78, 5) is 13.3. The van der Waals surface area contributed by atoms with Crippen LogP contribution in [0.3, 0.4) is 0 Å². The number of Topliss-reactive ketones (excluding diaryl/α,β-unsaturated/α-hetero) is 1. The fourth-order valence-corrected chi connectivity index (χ4v) is 6.42. The molecule has 9 heteroatoms. The van der Waals surface area contributed by atoms with Crippen LogP contribution in [0.4, 0.5) is 0 Å². The van der Waals surface area contributed by atoms with E-state index in [2.05, 4.69) is 0 Å². The Labute approximate surface area is 189 Å². The van der Waals surface area contributed by atoms with Crippen molar-refractivity contribution in [3.8, 4) is 0 Å². The monoisotopic (exact) mass is 466 g/mol. The molecule has 0 aliphatic carbocycles. The largest absolute Gasteiger partial charge is 0.488 e. The maximum Gasteiger partial charge on any atom is 0.488 e. The van der Waals surface area contributed by atoms with Crippen molar-refractivity contribution in [3.63, 3.8) is 0 Å². The topological polar surface area (TPSA) is 101 Å². The molecule has 4 rings (SSSR count). The third-order valence-corrected chi connectivity index (χ3v) is 8.10. The van der Waals surface area contributed by atoms with E-state index in [0.717, 1.165) is 16.9 Å². The van der Waals surface area contributed by atoms with Gasteiger partial charge in [-0.3, -0.25) is 4.79 Å². The lowest BCUT2D eigenvalue weighted by atomic mass is 9.80. The van der Waals surface area contributed by atoms with E-state index in [-0.39, 0.29) is 27.9 Å². The van der Waals surface area contributed by atoms with Crippen molar-refractivity contribution < 1.29 is 28.0 Å². The Morgan fingerprint density at radius 2 is 1.56 bits per heavy atom. The van der Waals surface area contributed by atoms with Crippen molar-refractivity contribution in [3.05, 3.63) is 89.3 Å². The lowest BCUT2D eigenvalue weighted by Gasteiger charge is -2.08. The highest BCUT2D eigenvalue weighted by Crippen LogP contribution is 2.38. The molecule has 0 amide bonds. The number of carbonyl (C=O) groups is 1. The van der Waals surface area contributed by atoms with Gasteiger partial charge in [-0.05, 0) is 29.2 Å². The van der Waals surface area contributed by atoms with Gasteiger partial charge in [-0.2, -0.15) is 0 Å². The van der Waals surface area contributed by atoms with Gasteiger partial charge in [0, 0.05) is 10.1 Å². The molecule has 6 nitrogen and oxygen atoms in total. The van der Waals surface area contributed by atoms with Crippen LogP contribution in [0.1, 0.15) is 15.2 Å². The highest BCUT2D eigenvalue weighted by molar-refractivity contribution is 7.92. The van der Waals surface area contributed by atoms with Crippen molar-refractivity contribution in [1.29, 1.82) is 0 Å². The van der Waals surface area contributed by atoms with Crippen LogP contribution in [0.5, 0.6) is 0 Å². The molecule has 0 atom stereocenters. The number of hydrogen-bond donors (Lipinski definition) is 2. The molecule has 0 fully saturated rings. The first-order chi connectivity index (χ1) is 15.4. The second kappa shape index (κ2) is 9.36. The van der Waals surface area contributed by atoms with Gasteiger partial charge in [0.1, 0.15) is 11.5 Å². The number of benzene rings is 3. The molecule has 1 aromatic heterocycles. The summed E-state index contributed by atoms with van der Waals surface area (Å²) >= 11 is 1.14. The second-order valence-corrected chi connectivity index (χ2v) is 10.0. The molecule has 162 valence electrons. The summed E-state index contributed by atoms with van der Waals surface area (Å²) in [6, 6.07) is 21.6. The van der Waals surface area contributed by atoms with Crippen molar-refractivity contribution in [1.82, 2.24) is 0 Å². The Kier molecular flexibility index (Phi) is 6.54. The van der Waals surface area contributed by atoms with Crippen LogP contribution in [-0.2, 0) is 21.2 Å². The number of thiophene rings is 1. The normalized spacial score (nSPS) is 11.6. The second-order valence-electron chi connectivity index (χ2n) is 7.10. The molecule has 0 spiro atoms. The van der Waals surface area contributed by atoms with Crippen LogP contribution in [-0.4, -0.2) is 38.0 Å². The van der Waals surface area contributed by atoms with Crippen LogP contribution < -0.4 is 5.46 Å². The lowest BCUT2D eigenvalue weighted by Crippen LogP contribution is -2.29. The summed E-state index contributed by atoms with van der Waals surface area (Å²) in [6.07, 6.45) is 0. The maximum atomic E-state index is 13.4. The third kappa shape index (κ3) is 4.52. The molecule has 0 unspecified atom stereocenters. The average molecular weight is 466 g/mol. The summed E-state index contributed by atoms with van der Waals surface area (Å²) in [5.74, 6) is -0.414. The van der Waals surface area contributed by atoms with Gasteiger partial charge in [-0.15, -0.1) is 11.3 Å². The number of ether oxygens (including phenoxy) is 1. The maximum absolute atomic E-state index is 13.4. The molecule has 0 radical (unpaired) electrons. The summed E-state index contributed by atoms with van der Waals surface area (Å²) in [6.45, 7) is -0.159. The van der Waals surface area contributed by atoms with E-state index < -0.39 is 22.7 Å². The average Bonchev–Trinajstić information content (AvgIpc) is 3.20. The highest BCUT2D eigenvalue weighted by atomic mass is 32.2. The van der Waals surface area contributed by atoms with E-state index >= 15 is 0 Å². The Hall–Kier alpha value is -2.82. The molecule has 32 heavy (non-hydrogen) atoms. The van der Waals surface area contributed by atoms with Crippen molar-refractivity contribution in [2.75, 3.05) is 6.61 Å². The summed E-state index contributed by atoms with van der Waals surface area (Å²) < 4.78 is 33.0. The van der Waals surface area contributed by atoms with Crippen LogP contribution in [0, 0.1) is 0 Å². The quantitative estimate of drug-likeness (QED) is 0.306. The molecule has 1 heterocycles. The Bertz CT molecular complexity index is 1350. The predicted molar refractivity (Wildman–Crippen MR) is 124 cm³/mol. The molecule has 3 aromatic carbocycles. The zero-order valence-corrected chi connectivity index (χ0v) is 18.5. The standard InChI is InChI=1S/C23H19BO6S2/c25-20(15-30-14-16-10-12-17(13-11-16)24(26)27)22-23(19-8-4-5-9-21(19)31-22)32(28,29)18-6-2-1-3-7-18/h1-13,26-27H,14-15H2. The minimum Gasteiger partial charge on any atom is -0.423 e. The molecule has 0 saturated carbocycles. The first kappa shape index (κ1) is 22.4. The number of sulfone groups is 1. The van der Waals surface area contributed by atoms with Crippen LogP contribution in [0.2, 0.25) is 0 Å². The van der Waals surface area contributed by atoms with Gasteiger partial charge in [0.05, 0.1) is 16.4 Å². The Balaban J connectivity index is 1.60. The van der Waals surface area contributed by atoms with E-state index in [1.165, 1.54) is 12.1 Å². The lowest BCUT2D eigenvalue weighted by molar-refractivity contribution is 0.0728. The molecular formula is C23H19BO6S2. The molecule has 0 saturated heterocycles. The summed E-state index contributed by atoms with van der Waals surface area (Å²) in [7, 11) is -5.45. The number of fused-ring (bicyclic) bond motifs is 1. The van der Waals surface area contributed by atoms with E-state index in [1.54, 1.807) is 66.7 Å². The van der Waals surface area contributed by atoms with Gasteiger partial charge in [0.25, 0.3) is 0 Å². The first-order valence-corrected chi connectivity index (χ1v) is 12.1. The molecule has 0 aliphatic rings. The molecular weight excluding hydrogens is 447 g/mol. The van der Waals surface area contributed by atoms with Crippen molar-refractivity contribution in [2.45, 2.75) is 16.4 Å².